The fourth-order valence-electron chi connectivity index (χ4n) is 2.71. The van der Waals surface area contributed by atoms with Gasteiger partial charge >= 0.3 is 0 Å². The number of rotatable bonds is 2. The van der Waals surface area contributed by atoms with Crippen molar-refractivity contribution in [2.45, 2.75) is 37.1 Å². The van der Waals surface area contributed by atoms with Crippen LogP contribution in [0.5, 0.6) is 0 Å². The minimum absolute atomic E-state index is 0.206. The van der Waals surface area contributed by atoms with E-state index in [-0.39, 0.29) is 5.38 Å². The molecule has 0 saturated heterocycles. The van der Waals surface area contributed by atoms with Gasteiger partial charge in [-0.25, -0.2) is 4.98 Å². The number of hydrogen-bond acceptors (Lipinski definition) is 2. The maximum absolute atomic E-state index is 6.42. The third kappa shape index (κ3) is 2.72. The number of halogens is 2. The molecule has 0 bridgehead atoms. The number of nitrogens with one attached hydrogen (secondary N) is 1. The van der Waals surface area contributed by atoms with Crippen LogP contribution in [0.3, 0.4) is 0 Å². The molecule has 19 heavy (non-hydrogen) atoms. The van der Waals surface area contributed by atoms with Crippen molar-refractivity contribution >= 4 is 44.1 Å². The predicted octanol–water partition coefficient (Wildman–Crippen LogP) is 4.96. The molecular weight excluding hydrogens is 324 g/mol. The lowest BCUT2D eigenvalue weighted by atomic mass is 9.95. The maximum atomic E-state index is 6.42. The standard InChI is InChI=1S/C15H16BrClN2/c16-12-5-3-4-11-10(12)8-9-18-15(11)19-14-7-2-1-6-13(14)17/h3-5,8-9,13-14H,1-2,6-7H2,(H,18,19). The molecular formula is C15H16BrClN2. The van der Waals surface area contributed by atoms with E-state index in [0.717, 1.165) is 28.5 Å². The van der Waals surface area contributed by atoms with E-state index in [1.807, 2.05) is 18.3 Å². The minimum Gasteiger partial charge on any atom is -0.365 e. The fourth-order valence-corrected chi connectivity index (χ4v) is 3.55. The van der Waals surface area contributed by atoms with Crippen molar-refractivity contribution in [2.24, 2.45) is 0 Å². The summed E-state index contributed by atoms with van der Waals surface area (Å²) in [6.07, 6.45) is 6.55. The quantitative estimate of drug-likeness (QED) is 0.782. The van der Waals surface area contributed by atoms with E-state index in [2.05, 4.69) is 38.4 Å². The molecule has 1 heterocycles. The van der Waals surface area contributed by atoms with Gasteiger partial charge < -0.3 is 5.32 Å². The van der Waals surface area contributed by atoms with E-state index in [1.54, 1.807) is 0 Å². The molecule has 1 fully saturated rings. The fraction of sp³-hybridized carbons (Fsp3) is 0.400. The summed E-state index contributed by atoms with van der Waals surface area (Å²) in [5.41, 5.74) is 0. The highest BCUT2D eigenvalue weighted by atomic mass is 79.9. The van der Waals surface area contributed by atoms with Gasteiger partial charge in [-0.1, -0.05) is 40.9 Å². The molecule has 0 aliphatic heterocycles. The van der Waals surface area contributed by atoms with E-state index in [4.69, 9.17) is 11.6 Å². The summed E-state index contributed by atoms with van der Waals surface area (Å²) in [5.74, 6) is 0.941. The lowest BCUT2D eigenvalue weighted by Gasteiger charge is -2.28. The molecule has 0 spiro atoms. The van der Waals surface area contributed by atoms with Crippen LogP contribution in [0.1, 0.15) is 25.7 Å². The first kappa shape index (κ1) is 13.2. The zero-order chi connectivity index (χ0) is 13.2. The van der Waals surface area contributed by atoms with Crippen LogP contribution in [-0.4, -0.2) is 16.4 Å². The molecule has 1 aliphatic rings. The molecule has 1 aromatic heterocycles. The summed E-state index contributed by atoms with van der Waals surface area (Å²) in [5, 5.41) is 6.07. The van der Waals surface area contributed by atoms with Crippen molar-refractivity contribution in [1.29, 1.82) is 0 Å². The summed E-state index contributed by atoms with van der Waals surface area (Å²) >= 11 is 10.0. The predicted molar refractivity (Wildman–Crippen MR) is 85.0 cm³/mol. The first-order valence-corrected chi connectivity index (χ1v) is 7.92. The van der Waals surface area contributed by atoms with Crippen molar-refractivity contribution in [3.05, 3.63) is 34.9 Å². The Morgan fingerprint density at radius 1 is 1.16 bits per heavy atom. The molecule has 0 radical (unpaired) electrons. The Balaban J connectivity index is 1.94. The van der Waals surface area contributed by atoms with Gasteiger partial charge in [-0.3, -0.25) is 0 Å². The van der Waals surface area contributed by atoms with Crippen LogP contribution in [0.15, 0.2) is 34.9 Å². The van der Waals surface area contributed by atoms with Gasteiger partial charge in [0, 0.05) is 27.5 Å². The van der Waals surface area contributed by atoms with Gasteiger partial charge in [-0.2, -0.15) is 0 Å². The SMILES string of the molecule is ClC1CCCCC1Nc1nccc2c(Br)cccc12. The van der Waals surface area contributed by atoms with Gasteiger partial charge in [0.25, 0.3) is 0 Å². The summed E-state index contributed by atoms with van der Waals surface area (Å²) < 4.78 is 1.10. The highest BCUT2D eigenvalue weighted by Gasteiger charge is 2.23. The number of pyridine rings is 1. The first-order valence-electron chi connectivity index (χ1n) is 6.69. The summed E-state index contributed by atoms with van der Waals surface area (Å²) in [6, 6.07) is 8.55. The van der Waals surface area contributed by atoms with Crippen LogP contribution in [0.25, 0.3) is 10.8 Å². The monoisotopic (exact) mass is 338 g/mol. The first-order chi connectivity index (χ1) is 9.25. The van der Waals surface area contributed by atoms with Crippen molar-refractivity contribution in [3.8, 4) is 0 Å². The number of benzene rings is 1. The summed E-state index contributed by atoms with van der Waals surface area (Å²) in [7, 11) is 0. The second-order valence-electron chi connectivity index (χ2n) is 5.05. The van der Waals surface area contributed by atoms with Crippen LogP contribution in [-0.2, 0) is 0 Å². The average molecular weight is 340 g/mol. The van der Waals surface area contributed by atoms with Crippen LogP contribution in [0.2, 0.25) is 0 Å². The Hall–Kier alpha value is -0.800. The van der Waals surface area contributed by atoms with E-state index in [0.29, 0.717) is 6.04 Å². The van der Waals surface area contributed by atoms with Crippen LogP contribution in [0.4, 0.5) is 5.82 Å². The number of nitrogens with zero attached hydrogens (tertiary/aromatic N) is 1. The van der Waals surface area contributed by atoms with E-state index >= 15 is 0 Å². The number of alkyl halides is 1. The van der Waals surface area contributed by atoms with Crippen molar-refractivity contribution in [1.82, 2.24) is 4.98 Å². The molecule has 2 nitrogen and oxygen atoms in total. The zero-order valence-corrected chi connectivity index (χ0v) is 12.9. The second-order valence-corrected chi connectivity index (χ2v) is 6.46. The molecule has 1 N–H and O–H groups in total. The molecule has 2 atom stereocenters. The van der Waals surface area contributed by atoms with Crippen molar-refractivity contribution < 1.29 is 0 Å². The van der Waals surface area contributed by atoms with Crippen molar-refractivity contribution in [3.63, 3.8) is 0 Å². The Bertz CT molecular complexity index is 587. The third-order valence-corrected chi connectivity index (χ3v) is 4.97. The molecule has 1 aromatic carbocycles. The lowest BCUT2D eigenvalue weighted by Crippen LogP contribution is -2.33. The van der Waals surface area contributed by atoms with Crippen LogP contribution in [0, 0.1) is 0 Å². The molecule has 3 rings (SSSR count). The Kier molecular flexibility index (Phi) is 3.94. The van der Waals surface area contributed by atoms with Crippen molar-refractivity contribution in [2.75, 3.05) is 5.32 Å². The molecule has 2 unspecified atom stereocenters. The van der Waals surface area contributed by atoms with Gasteiger partial charge in [-0.15, -0.1) is 11.6 Å². The molecule has 0 amide bonds. The Morgan fingerprint density at radius 2 is 2.00 bits per heavy atom. The molecule has 1 aliphatic carbocycles. The van der Waals surface area contributed by atoms with Gasteiger partial charge in [0.2, 0.25) is 0 Å². The molecule has 4 heteroatoms. The Labute approximate surface area is 126 Å². The van der Waals surface area contributed by atoms with Gasteiger partial charge in [0.1, 0.15) is 5.82 Å². The summed E-state index contributed by atoms with van der Waals surface area (Å²) in [6.45, 7) is 0. The van der Waals surface area contributed by atoms with E-state index < -0.39 is 0 Å². The number of fused-ring (bicyclic) bond motifs is 1. The molecule has 2 aromatic rings. The molecule has 100 valence electrons. The zero-order valence-electron chi connectivity index (χ0n) is 10.6. The van der Waals surface area contributed by atoms with Crippen LogP contribution < -0.4 is 5.32 Å². The lowest BCUT2D eigenvalue weighted by molar-refractivity contribution is 0.469. The average Bonchev–Trinajstić information content (AvgIpc) is 2.42. The van der Waals surface area contributed by atoms with E-state index in [9.17, 15) is 0 Å². The van der Waals surface area contributed by atoms with Gasteiger partial charge in [0.05, 0.1) is 5.38 Å². The number of aromatic nitrogens is 1. The maximum Gasteiger partial charge on any atom is 0.134 e. The van der Waals surface area contributed by atoms with Gasteiger partial charge in [-0.05, 0) is 25.0 Å². The van der Waals surface area contributed by atoms with Gasteiger partial charge in [0.15, 0.2) is 0 Å². The van der Waals surface area contributed by atoms with Crippen LogP contribution >= 0.6 is 27.5 Å². The highest BCUT2D eigenvalue weighted by molar-refractivity contribution is 9.10. The second kappa shape index (κ2) is 5.68. The largest absolute Gasteiger partial charge is 0.365 e. The smallest absolute Gasteiger partial charge is 0.134 e. The number of hydrogen-bond donors (Lipinski definition) is 1. The van der Waals surface area contributed by atoms with E-state index in [1.165, 1.54) is 18.2 Å². The normalized spacial score (nSPS) is 23.5. The Morgan fingerprint density at radius 3 is 2.84 bits per heavy atom. The minimum atomic E-state index is 0.206. The highest BCUT2D eigenvalue weighted by Crippen LogP contribution is 2.31. The third-order valence-electron chi connectivity index (χ3n) is 3.76. The number of anilines is 1. The molecule has 1 saturated carbocycles. The summed E-state index contributed by atoms with van der Waals surface area (Å²) in [4.78, 5) is 4.49. The topological polar surface area (TPSA) is 24.9 Å².